The van der Waals surface area contributed by atoms with Crippen molar-refractivity contribution in [3.05, 3.63) is 111 Å². The minimum Gasteiger partial charge on any atom is -0.497 e. The summed E-state index contributed by atoms with van der Waals surface area (Å²) in [6.07, 6.45) is 6.46. The van der Waals surface area contributed by atoms with Gasteiger partial charge in [-0.2, -0.15) is 0 Å². The zero-order chi connectivity index (χ0) is 26.9. The number of aromatic nitrogens is 2. The Hall–Kier alpha value is -4.74. The average molecular weight is 529 g/mol. The van der Waals surface area contributed by atoms with Crippen LogP contribution in [0.25, 0.3) is 0 Å². The summed E-state index contributed by atoms with van der Waals surface area (Å²) in [5, 5.41) is 6.24. The Balaban J connectivity index is 1.53. The van der Waals surface area contributed by atoms with Gasteiger partial charge in [-0.3, -0.25) is 14.2 Å². The summed E-state index contributed by atoms with van der Waals surface area (Å²) in [5.41, 5.74) is 1.89. The van der Waals surface area contributed by atoms with Gasteiger partial charge in [-0.25, -0.2) is 4.98 Å². The van der Waals surface area contributed by atoms with Crippen LogP contribution in [0.2, 0.25) is 5.02 Å². The number of anilines is 2. The van der Waals surface area contributed by atoms with Gasteiger partial charge < -0.3 is 20.1 Å². The number of amides is 1. The number of carbonyl (C=O) groups is 1. The van der Waals surface area contributed by atoms with Crippen molar-refractivity contribution in [1.82, 2.24) is 14.9 Å². The van der Waals surface area contributed by atoms with E-state index in [0.29, 0.717) is 23.1 Å². The van der Waals surface area contributed by atoms with E-state index in [1.165, 1.54) is 10.8 Å². The molecule has 1 heterocycles. The first-order valence-corrected chi connectivity index (χ1v) is 12.0. The molecule has 4 rings (SSSR count). The minimum atomic E-state index is -0.588. The van der Waals surface area contributed by atoms with Gasteiger partial charge in [0, 0.05) is 16.9 Å². The summed E-state index contributed by atoms with van der Waals surface area (Å²) < 4.78 is 12.4. The lowest BCUT2D eigenvalue weighted by Gasteiger charge is -2.15. The van der Waals surface area contributed by atoms with Crippen molar-refractivity contribution < 1.29 is 14.3 Å². The number of rotatable bonds is 10. The molecule has 0 radical (unpaired) electrons. The van der Waals surface area contributed by atoms with Crippen LogP contribution >= 0.6 is 11.6 Å². The maximum Gasteiger partial charge on any atom is 0.268 e. The summed E-state index contributed by atoms with van der Waals surface area (Å²) in [4.78, 5) is 30.1. The monoisotopic (exact) mass is 528 g/mol. The van der Waals surface area contributed by atoms with Crippen molar-refractivity contribution >= 4 is 29.1 Å². The van der Waals surface area contributed by atoms with Gasteiger partial charge >= 0.3 is 0 Å². The van der Waals surface area contributed by atoms with Gasteiger partial charge in [0.05, 0.1) is 20.2 Å². The molecule has 0 saturated heterocycles. The Morgan fingerprint density at radius 1 is 1.00 bits per heavy atom. The summed E-state index contributed by atoms with van der Waals surface area (Å²) in [5.74, 6) is 3.46. The molecule has 1 aromatic heterocycles. The van der Waals surface area contributed by atoms with Crippen molar-refractivity contribution in [2.45, 2.75) is 13.2 Å². The smallest absolute Gasteiger partial charge is 0.268 e. The first-order chi connectivity index (χ1) is 18.5. The molecule has 192 valence electrons. The molecule has 0 saturated carbocycles. The van der Waals surface area contributed by atoms with Gasteiger partial charge in [-0.05, 0) is 59.7 Å². The van der Waals surface area contributed by atoms with Crippen LogP contribution in [0.1, 0.15) is 21.5 Å². The lowest BCUT2D eigenvalue weighted by Crippen LogP contribution is -2.34. The second kappa shape index (κ2) is 12.5. The molecule has 0 aliphatic rings. The van der Waals surface area contributed by atoms with Crippen molar-refractivity contribution in [1.29, 1.82) is 0 Å². The van der Waals surface area contributed by atoms with Gasteiger partial charge in [0.25, 0.3) is 11.5 Å². The third-order valence-corrected chi connectivity index (χ3v) is 5.82. The SMILES string of the molecule is C#CCNC(=O)c1cnc(Nc2ccc(OCc3ccc(OC)cc3)cc2)n(Cc2ccc(Cl)cc2)c1=O. The lowest BCUT2D eigenvalue weighted by atomic mass is 10.2. The molecule has 0 aliphatic heterocycles. The summed E-state index contributed by atoms with van der Waals surface area (Å²) in [6.45, 7) is 0.579. The fraction of sp³-hybridized carbons (Fsp3) is 0.138. The number of benzene rings is 3. The Bertz CT molecular complexity index is 1490. The number of methoxy groups -OCH3 is 1. The molecule has 3 aromatic carbocycles. The van der Waals surface area contributed by atoms with E-state index in [9.17, 15) is 9.59 Å². The molecule has 8 nitrogen and oxygen atoms in total. The number of nitrogens with zero attached hydrogens (tertiary/aromatic N) is 2. The third-order valence-electron chi connectivity index (χ3n) is 5.57. The average Bonchev–Trinajstić information content (AvgIpc) is 2.94. The molecule has 4 aromatic rings. The van der Waals surface area contributed by atoms with E-state index in [2.05, 4.69) is 21.5 Å². The third kappa shape index (κ3) is 6.72. The van der Waals surface area contributed by atoms with Crippen molar-refractivity contribution in [3.63, 3.8) is 0 Å². The normalized spacial score (nSPS) is 10.3. The standard InChI is InChI=1S/C29H25ClN4O4/c1-3-16-31-27(35)26-17-32-29(34(28(26)36)18-20-4-8-22(30)9-5-20)33-23-10-14-25(15-11-23)38-19-21-6-12-24(37-2)13-7-21/h1,4-15,17H,16,18-19H2,2H3,(H,31,35)(H,32,33). The van der Waals surface area contributed by atoms with Crippen LogP contribution < -0.4 is 25.7 Å². The van der Waals surface area contributed by atoms with E-state index < -0.39 is 11.5 Å². The Morgan fingerprint density at radius 2 is 1.66 bits per heavy atom. The molecular weight excluding hydrogens is 504 g/mol. The van der Waals surface area contributed by atoms with E-state index in [4.69, 9.17) is 27.5 Å². The second-order valence-electron chi connectivity index (χ2n) is 8.19. The summed E-state index contributed by atoms with van der Waals surface area (Å²) in [7, 11) is 1.62. The maximum absolute atomic E-state index is 13.3. The highest BCUT2D eigenvalue weighted by molar-refractivity contribution is 6.30. The van der Waals surface area contributed by atoms with E-state index in [1.807, 2.05) is 48.5 Å². The first-order valence-electron chi connectivity index (χ1n) is 11.7. The summed E-state index contributed by atoms with van der Waals surface area (Å²) >= 11 is 6.00. The Morgan fingerprint density at radius 3 is 2.32 bits per heavy atom. The van der Waals surface area contributed by atoms with Gasteiger partial charge in [-0.15, -0.1) is 6.42 Å². The highest BCUT2D eigenvalue weighted by atomic mass is 35.5. The highest BCUT2D eigenvalue weighted by Gasteiger charge is 2.17. The maximum atomic E-state index is 13.3. The number of nitrogens with one attached hydrogen (secondary N) is 2. The fourth-order valence-corrected chi connectivity index (χ4v) is 3.67. The molecule has 38 heavy (non-hydrogen) atoms. The van der Waals surface area contributed by atoms with Crippen molar-refractivity contribution in [3.8, 4) is 23.8 Å². The van der Waals surface area contributed by atoms with Crippen LogP contribution in [0.4, 0.5) is 11.6 Å². The van der Waals surface area contributed by atoms with Crippen LogP contribution in [0.3, 0.4) is 0 Å². The van der Waals surface area contributed by atoms with E-state index in [0.717, 1.165) is 16.9 Å². The number of ether oxygens (including phenoxy) is 2. The van der Waals surface area contributed by atoms with Crippen LogP contribution in [0, 0.1) is 12.3 Å². The zero-order valence-corrected chi connectivity index (χ0v) is 21.4. The molecule has 0 spiro atoms. The molecular formula is C29H25ClN4O4. The van der Waals surface area contributed by atoms with Crippen molar-refractivity contribution in [2.24, 2.45) is 0 Å². The number of carbonyl (C=O) groups excluding carboxylic acids is 1. The van der Waals surface area contributed by atoms with Gasteiger partial charge in [0.2, 0.25) is 5.95 Å². The number of hydrogen-bond acceptors (Lipinski definition) is 6. The Kier molecular flexibility index (Phi) is 8.65. The van der Waals surface area contributed by atoms with Gasteiger partial charge in [-0.1, -0.05) is 41.8 Å². The zero-order valence-electron chi connectivity index (χ0n) is 20.6. The van der Waals surface area contributed by atoms with Crippen LogP contribution in [-0.2, 0) is 13.2 Å². The minimum absolute atomic E-state index is 0.00233. The first kappa shape index (κ1) is 26.3. The Labute approximate surface area is 225 Å². The van der Waals surface area contributed by atoms with Gasteiger partial charge in [0.1, 0.15) is 23.7 Å². The molecule has 0 fully saturated rings. The van der Waals surface area contributed by atoms with Gasteiger partial charge in [0.15, 0.2) is 0 Å². The van der Waals surface area contributed by atoms with E-state index in [1.54, 1.807) is 31.4 Å². The quantitative estimate of drug-likeness (QED) is 0.291. The predicted molar refractivity (Wildman–Crippen MR) is 147 cm³/mol. The summed E-state index contributed by atoms with van der Waals surface area (Å²) in [6, 6.07) is 22.0. The lowest BCUT2D eigenvalue weighted by molar-refractivity contribution is 0.0956. The van der Waals surface area contributed by atoms with E-state index >= 15 is 0 Å². The second-order valence-corrected chi connectivity index (χ2v) is 8.62. The largest absolute Gasteiger partial charge is 0.497 e. The number of halogens is 1. The molecule has 0 aliphatic carbocycles. The highest BCUT2D eigenvalue weighted by Crippen LogP contribution is 2.21. The number of hydrogen-bond donors (Lipinski definition) is 2. The molecule has 2 N–H and O–H groups in total. The predicted octanol–water partition coefficient (Wildman–Crippen LogP) is 4.64. The van der Waals surface area contributed by atoms with Crippen molar-refractivity contribution in [2.75, 3.05) is 19.0 Å². The van der Waals surface area contributed by atoms with E-state index in [-0.39, 0.29) is 24.6 Å². The van der Waals surface area contributed by atoms with Crippen LogP contribution in [0.5, 0.6) is 11.5 Å². The van der Waals surface area contributed by atoms with Crippen LogP contribution in [-0.4, -0.2) is 29.1 Å². The molecule has 0 atom stereocenters. The fourth-order valence-electron chi connectivity index (χ4n) is 3.55. The molecule has 0 bridgehead atoms. The molecule has 0 unspecified atom stereocenters. The van der Waals surface area contributed by atoms with Crippen LogP contribution in [0.15, 0.2) is 83.8 Å². The topological polar surface area (TPSA) is 94.5 Å². The molecule has 1 amide bonds. The number of terminal acetylenes is 1. The molecule has 9 heteroatoms.